The summed E-state index contributed by atoms with van der Waals surface area (Å²) >= 11 is 0. The first-order valence-electron chi connectivity index (χ1n) is 9.80. The largest absolute Gasteiger partial charge is 0.419 e. The third-order valence-corrected chi connectivity index (χ3v) is 5.60. The Kier molecular flexibility index (Phi) is 5.59. The van der Waals surface area contributed by atoms with Gasteiger partial charge >= 0.3 is 5.76 Å². The summed E-state index contributed by atoms with van der Waals surface area (Å²) in [6, 6.07) is 11.6. The van der Waals surface area contributed by atoms with Gasteiger partial charge in [-0.2, -0.15) is 5.26 Å². The molecule has 4 rings (SSSR count). The molecule has 8 nitrogen and oxygen atoms in total. The van der Waals surface area contributed by atoms with Crippen LogP contribution in [0, 0.1) is 17.1 Å². The number of oxazole rings is 1. The maximum absolute atomic E-state index is 14.9. The first-order chi connectivity index (χ1) is 14.9. The van der Waals surface area contributed by atoms with Crippen LogP contribution in [0.5, 0.6) is 0 Å². The van der Waals surface area contributed by atoms with E-state index < -0.39 is 29.6 Å². The number of halogens is 1. The number of hydrogen-bond acceptors (Lipinski definition) is 6. The van der Waals surface area contributed by atoms with Gasteiger partial charge in [0.1, 0.15) is 18.0 Å². The van der Waals surface area contributed by atoms with E-state index >= 15 is 0 Å². The minimum atomic E-state index is -0.773. The smallest absolute Gasteiger partial charge is 0.408 e. The van der Waals surface area contributed by atoms with Crippen molar-refractivity contribution in [2.24, 2.45) is 12.8 Å². The number of amides is 1. The van der Waals surface area contributed by atoms with Gasteiger partial charge in [0.2, 0.25) is 5.91 Å². The highest BCUT2D eigenvalue weighted by molar-refractivity contribution is 5.80. The Morgan fingerprint density at radius 1 is 1.32 bits per heavy atom. The van der Waals surface area contributed by atoms with Crippen LogP contribution in [0.1, 0.15) is 5.56 Å². The quantitative estimate of drug-likeness (QED) is 0.665. The topological polar surface area (TPSA) is 114 Å². The number of aromatic nitrogens is 1. The lowest BCUT2D eigenvalue weighted by molar-refractivity contribution is -0.135. The maximum atomic E-state index is 14.9. The molecule has 1 fully saturated rings. The first-order valence-corrected chi connectivity index (χ1v) is 9.80. The number of benzene rings is 2. The molecule has 2 heterocycles. The van der Waals surface area contributed by atoms with Gasteiger partial charge in [-0.25, -0.2) is 9.18 Å². The molecular formula is C22H21FN4O4. The van der Waals surface area contributed by atoms with Crippen LogP contribution in [-0.2, 0) is 23.0 Å². The van der Waals surface area contributed by atoms with E-state index in [9.17, 15) is 19.2 Å². The van der Waals surface area contributed by atoms with Crippen molar-refractivity contribution in [3.8, 4) is 17.2 Å². The van der Waals surface area contributed by atoms with Crippen molar-refractivity contribution < 1.29 is 18.3 Å². The Morgan fingerprint density at radius 2 is 2.06 bits per heavy atom. The predicted octanol–water partition coefficient (Wildman–Crippen LogP) is 1.56. The summed E-state index contributed by atoms with van der Waals surface area (Å²) in [5.74, 6) is -1.48. The molecule has 3 aromatic rings. The highest BCUT2D eigenvalue weighted by Gasteiger charge is 2.30. The molecule has 0 bridgehead atoms. The molecule has 2 N–H and O–H groups in total. The van der Waals surface area contributed by atoms with Crippen molar-refractivity contribution in [3.05, 3.63) is 58.3 Å². The van der Waals surface area contributed by atoms with Crippen LogP contribution >= 0.6 is 0 Å². The minimum absolute atomic E-state index is 0.167. The van der Waals surface area contributed by atoms with E-state index in [0.717, 1.165) is 0 Å². The molecule has 2 atom stereocenters. The van der Waals surface area contributed by atoms with E-state index in [-0.39, 0.29) is 19.6 Å². The van der Waals surface area contributed by atoms with Crippen molar-refractivity contribution in [2.75, 3.05) is 19.7 Å². The van der Waals surface area contributed by atoms with Gasteiger partial charge in [0.25, 0.3) is 0 Å². The number of ether oxygens (including phenoxy) is 1. The van der Waals surface area contributed by atoms with Crippen molar-refractivity contribution in [2.45, 2.75) is 18.6 Å². The Hall–Kier alpha value is -3.48. The highest BCUT2D eigenvalue weighted by atomic mass is 19.1. The standard InChI is InChI=1S/C22H21FN4O4/c1-26-18-5-4-14(10-19(18)31-22(26)29)13-2-3-15(17(23)9-13)8-16(11-24)27-6-7-30-20(12-27)21(25)28/h2-5,9-10,16,20H,6-8,12H2,1H3,(H2,25,28)/t16-,20-/m0/s1. The molecule has 31 heavy (non-hydrogen) atoms. The zero-order valence-corrected chi connectivity index (χ0v) is 16.9. The van der Waals surface area contributed by atoms with Crippen molar-refractivity contribution >= 4 is 17.0 Å². The lowest BCUT2D eigenvalue weighted by Gasteiger charge is -2.34. The van der Waals surface area contributed by atoms with E-state index in [1.54, 1.807) is 42.3 Å². The summed E-state index contributed by atoms with van der Waals surface area (Å²) in [5, 5.41) is 9.60. The Balaban J connectivity index is 1.55. The van der Waals surface area contributed by atoms with Crippen molar-refractivity contribution in [1.29, 1.82) is 5.26 Å². The fourth-order valence-electron chi connectivity index (χ4n) is 3.79. The lowest BCUT2D eigenvalue weighted by atomic mass is 9.99. The maximum Gasteiger partial charge on any atom is 0.419 e. The van der Waals surface area contributed by atoms with Gasteiger partial charge in [-0.3, -0.25) is 14.3 Å². The summed E-state index contributed by atoms with van der Waals surface area (Å²) < 4.78 is 26.8. The van der Waals surface area contributed by atoms with Gasteiger partial charge in [0, 0.05) is 26.6 Å². The van der Waals surface area contributed by atoms with Crippen molar-refractivity contribution in [1.82, 2.24) is 9.47 Å². The van der Waals surface area contributed by atoms with E-state index in [4.69, 9.17) is 14.9 Å². The molecule has 160 valence electrons. The number of primary amides is 1. The molecule has 0 spiro atoms. The molecular weight excluding hydrogens is 403 g/mol. The van der Waals surface area contributed by atoms with Crippen LogP contribution < -0.4 is 11.5 Å². The molecule has 9 heteroatoms. The minimum Gasteiger partial charge on any atom is -0.408 e. The monoisotopic (exact) mass is 424 g/mol. The number of morpholine rings is 1. The van der Waals surface area contributed by atoms with Gasteiger partial charge in [-0.1, -0.05) is 18.2 Å². The molecule has 0 aliphatic carbocycles. The second kappa shape index (κ2) is 8.34. The van der Waals surface area contributed by atoms with Crippen LogP contribution in [0.25, 0.3) is 22.2 Å². The number of aryl methyl sites for hydroxylation is 1. The lowest BCUT2D eigenvalue weighted by Crippen LogP contribution is -2.52. The summed E-state index contributed by atoms with van der Waals surface area (Å²) in [5.41, 5.74) is 8.12. The second-order valence-corrected chi connectivity index (χ2v) is 7.52. The van der Waals surface area contributed by atoms with Crippen LogP contribution in [0.15, 0.2) is 45.6 Å². The number of carbonyl (C=O) groups excluding carboxylic acids is 1. The average molecular weight is 424 g/mol. The highest BCUT2D eigenvalue weighted by Crippen LogP contribution is 2.26. The number of nitrogens with zero attached hydrogens (tertiary/aromatic N) is 3. The van der Waals surface area contributed by atoms with Crippen LogP contribution in [-0.4, -0.2) is 47.2 Å². The number of carbonyl (C=O) groups is 1. The van der Waals surface area contributed by atoms with Gasteiger partial charge in [-0.15, -0.1) is 0 Å². The van der Waals surface area contributed by atoms with E-state index in [1.165, 1.54) is 10.6 Å². The fourth-order valence-corrected chi connectivity index (χ4v) is 3.79. The van der Waals surface area contributed by atoms with Gasteiger partial charge in [0.15, 0.2) is 5.58 Å². The summed E-state index contributed by atoms with van der Waals surface area (Å²) in [6.07, 6.45) is -0.606. The zero-order valence-electron chi connectivity index (χ0n) is 16.9. The number of nitriles is 1. The van der Waals surface area contributed by atoms with Gasteiger partial charge in [-0.05, 0) is 34.9 Å². The molecule has 0 unspecified atom stereocenters. The zero-order chi connectivity index (χ0) is 22.1. The average Bonchev–Trinajstić information content (AvgIpc) is 3.05. The molecule has 1 aliphatic rings. The third-order valence-electron chi connectivity index (χ3n) is 5.60. The van der Waals surface area contributed by atoms with Gasteiger partial charge in [0.05, 0.1) is 18.2 Å². The molecule has 1 aromatic heterocycles. The molecule has 0 saturated carbocycles. The van der Waals surface area contributed by atoms with E-state index in [2.05, 4.69) is 6.07 Å². The molecule has 2 aromatic carbocycles. The van der Waals surface area contributed by atoms with Crippen LogP contribution in [0.4, 0.5) is 4.39 Å². The molecule has 0 radical (unpaired) electrons. The Bertz CT molecular complexity index is 1240. The van der Waals surface area contributed by atoms with E-state index in [0.29, 0.717) is 34.3 Å². The van der Waals surface area contributed by atoms with E-state index in [1.807, 2.05) is 0 Å². The Morgan fingerprint density at radius 3 is 2.77 bits per heavy atom. The van der Waals surface area contributed by atoms with Crippen LogP contribution in [0.3, 0.4) is 0 Å². The summed E-state index contributed by atoms with van der Waals surface area (Å²) in [4.78, 5) is 24.9. The van der Waals surface area contributed by atoms with Crippen LogP contribution in [0.2, 0.25) is 0 Å². The summed E-state index contributed by atoms with van der Waals surface area (Å²) in [7, 11) is 1.62. The number of fused-ring (bicyclic) bond motifs is 1. The normalized spacial score (nSPS) is 18.0. The number of hydrogen-bond donors (Lipinski definition) is 1. The molecule has 1 amide bonds. The summed E-state index contributed by atoms with van der Waals surface area (Å²) in [6.45, 7) is 0.949. The number of rotatable bonds is 5. The predicted molar refractivity (Wildman–Crippen MR) is 110 cm³/mol. The Labute approximate surface area is 177 Å². The molecule has 1 aliphatic heterocycles. The number of nitrogens with two attached hydrogens (primary N) is 1. The van der Waals surface area contributed by atoms with Crippen molar-refractivity contribution in [3.63, 3.8) is 0 Å². The first kappa shape index (κ1) is 20.8. The van der Waals surface area contributed by atoms with Gasteiger partial charge < -0.3 is 14.9 Å². The second-order valence-electron chi connectivity index (χ2n) is 7.52. The molecule has 1 saturated heterocycles. The fraction of sp³-hybridized carbons (Fsp3) is 0.318. The SMILES string of the molecule is Cn1c(=O)oc2cc(-c3ccc(C[C@@H](C#N)N4CCO[C@H](C(N)=O)C4)c(F)c3)ccc21. The third kappa shape index (κ3) is 4.08.